The smallest absolute Gasteiger partial charge is 0.274 e. The molecule has 114 valence electrons. The molecule has 0 aromatic carbocycles. The van der Waals surface area contributed by atoms with Crippen molar-refractivity contribution in [3.63, 3.8) is 0 Å². The van der Waals surface area contributed by atoms with Crippen molar-refractivity contribution in [2.24, 2.45) is 0 Å². The first-order valence-corrected chi connectivity index (χ1v) is 7.49. The van der Waals surface area contributed by atoms with Gasteiger partial charge in [0.05, 0.1) is 6.20 Å². The van der Waals surface area contributed by atoms with Gasteiger partial charge >= 0.3 is 0 Å². The molecule has 2 heterocycles. The van der Waals surface area contributed by atoms with Crippen molar-refractivity contribution in [3.05, 3.63) is 11.9 Å². The third kappa shape index (κ3) is 3.90. The van der Waals surface area contributed by atoms with Crippen molar-refractivity contribution in [1.82, 2.24) is 25.5 Å². The zero-order valence-corrected chi connectivity index (χ0v) is 12.6. The molecule has 2 aromatic heterocycles. The van der Waals surface area contributed by atoms with Gasteiger partial charge in [0.15, 0.2) is 11.3 Å². The third-order valence-electron chi connectivity index (χ3n) is 3.14. The molecule has 0 atom stereocenters. The Labute approximate surface area is 123 Å². The zero-order valence-electron chi connectivity index (χ0n) is 12.6. The van der Waals surface area contributed by atoms with Crippen LogP contribution in [0.4, 0.5) is 5.82 Å². The van der Waals surface area contributed by atoms with Gasteiger partial charge in [0.25, 0.3) is 5.91 Å². The number of aromatic nitrogens is 4. The summed E-state index contributed by atoms with van der Waals surface area (Å²) in [5.74, 6) is 0.480. The summed E-state index contributed by atoms with van der Waals surface area (Å²) in [6.07, 6.45) is 5.82. The second-order valence-corrected chi connectivity index (χ2v) is 4.91. The van der Waals surface area contributed by atoms with Crippen LogP contribution in [0.3, 0.4) is 0 Å². The molecular weight excluding hydrogens is 268 g/mol. The van der Waals surface area contributed by atoms with Gasteiger partial charge in [0.1, 0.15) is 11.3 Å². The van der Waals surface area contributed by atoms with Crippen molar-refractivity contribution < 1.29 is 4.79 Å². The number of rotatable bonds is 8. The molecule has 2 aromatic rings. The molecule has 0 radical (unpaired) electrons. The number of amides is 1. The van der Waals surface area contributed by atoms with E-state index in [1.807, 2.05) is 0 Å². The minimum absolute atomic E-state index is 0.212. The number of H-pyrrole nitrogens is 1. The monoisotopic (exact) mass is 290 g/mol. The third-order valence-corrected chi connectivity index (χ3v) is 3.14. The Morgan fingerprint density at radius 1 is 1.24 bits per heavy atom. The van der Waals surface area contributed by atoms with Gasteiger partial charge < -0.3 is 10.6 Å². The van der Waals surface area contributed by atoms with Crippen LogP contribution in [0.15, 0.2) is 6.20 Å². The molecule has 0 spiro atoms. The quantitative estimate of drug-likeness (QED) is 0.647. The van der Waals surface area contributed by atoms with Crippen LogP contribution >= 0.6 is 0 Å². The van der Waals surface area contributed by atoms with Crippen LogP contribution in [-0.2, 0) is 0 Å². The largest absolute Gasteiger partial charge is 0.369 e. The topological polar surface area (TPSA) is 95.6 Å². The summed E-state index contributed by atoms with van der Waals surface area (Å²) in [6.45, 7) is 5.71. The van der Waals surface area contributed by atoms with E-state index in [0.29, 0.717) is 29.2 Å². The Bertz CT molecular complexity index is 594. The maximum absolute atomic E-state index is 12.0. The van der Waals surface area contributed by atoms with Crippen molar-refractivity contribution in [1.29, 1.82) is 0 Å². The lowest BCUT2D eigenvalue weighted by molar-refractivity contribution is 0.0949. The second kappa shape index (κ2) is 7.56. The molecule has 0 aliphatic carbocycles. The van der Waals surface area contributed by atoms with Crippen LogP contribution in [0.5, 0.6) is 0 Å². The fraction of sp³-hybridized carbons (Fsp3) is 0.571. The lowest BCUT2D eigenvalue weighted by Crippen LogP contribution is -2.25. The van der Waals surface area contributed by atoms with E-state index in [2.05, 4.69) is 44.6 Å². The second-order valence-electron chi connectivity index (χ2n) is 4.91. The molecule has 0 unspecified atom stereocenters. The van der Waals surface area contributed by atoms with Crippen LogP contribution in [0.2, 0.25) is 0 Å². The van der Waals surface area contributed by atoms with Gasteiger partial charge in [0.2, 0.25) is 0 Å². The Morgan fingerprint density at radius 2 is 2.00 bits per heavy atom. The number of hydrogen-bond acceptors (Lipinski definition) is 5. The molecule has 0 saturated carbocycles. The van der Waals surface area contributed by atoms with E-state index in [4.69, 9.17) is 0 Å². The number of carbonyl (C=O) groups excluding carboxylic acids is 1. The van der Waals surface area contributed by atoms with E-state index >= 15 is 0 Å². The van der Waals surface area contributed by atoms with Crippen molar-refractivity contribution in [2.75, 3.05) is 18.4 Å². The van der Waals surface area contributed by atoms with E-state index in [1.165, 1.54) is 0 Å². The van der Waals surface area contributed by atoms with Crippen molar-refractivity contribution in [2.45, 2.75) is 39.5 Å². The zero-order chi connectivity index (χ0) is 15.1. The number of anilines is 1. The average molecular weight is 290 g/mol. The summed E-state index contributed by atoms with van der Waals surface area (Å²) in [5.41, 5.74) is 1.33. The highest BCUT2D eigenvalue weighted by Gasteiger charge is 2.16. The maximum Gasteiger partial charge on any atom is 0.274 e. The van der Waals surface area contributed by atoms with Gasteiger partial charge in [-0.15, -0.1) is 0 Å². The van der Waals surface area contributed by atoms with Gasteiger partial charge in [-0.3, -0.25) is 9.89 Å². The van der Waals surface area contributed by atoms with Crippen LogP contribution in [0.25, 0.3) is 11.2 Å². The first-order valence-electron chi connectivity index (χ1n) is 7.49. The van der Waals surface area contributed by atoms with Gasteiger partial charge in [-0.05, 0) is 12.8 Å². The number of nitrogens with zero attached hydrogens (tertiary/aromatic N) is 3. The Kier molecular flexibility index (Phi) is 5.48. The standard InChI is InChI=1S/C14H22N6O/c1-3-5-7-15-10-9-17-11-12(19-20-13(11)18-10)14(21)16-8-6-4-2/h9H,3-8H2,1-2H3,(H,16,21)(H2,15,18,19,20). The molecule has 21 heavy (non-hydrogen) atoms. The summed E-state index contributed by atoms with van der Waals surface area (Å²) >= 11 is 0. The fourth-order valence-electron chi connectivity index (χ4n) is 1.90. The Hall–Kier alpha value is -2.18. The Morgan fingerprint density at radius 3 is 2.76 bits per heavy atom. The molecule has 0 aliphatic heterocycles. The number of carbonyl (C=O) groups is 1. The molecule has 0 fully saturated rings. The molecule has 7 nitrogen and oxygen atoms in total. The number of aromatic amines is 1. The van der Waals surface area contributed by atoms with Crippen LogP contribution < -0.4 is 10.6 Å². The van der Waals surface area contributed by atoms with E-state index in [-0.39, 0.29) is 5.91 Å². The molecule has 0 aliphatic rings. The Balaban J connectivity index is 2.07. The van der Waals surface area contributed by atoms with E-state index in [0.717, 1.165) is 32.2 Å². The van der Waals surface area contributed by atoms with E-state index < -0.39 is 0 Å². The summed E-state index contributed by atoms with van der Waals surface area (Å²) in [6, 6.07) is 0. The molecule has 0 bridgehead atoms. The number of fused-ring (bicyclic) bond motifs is 1. The number of unbranched alkanes of at least 4 members (excludes halogenated alkanes) is 2. The SMILES string of the molecule is CCCCNC(=O)c1n[nH]c2nc(NCCCC)cnc12. The van der Waals surface area contributed by atoms with E-state index in [1.54, 1.807) is 6.20 Å². The normalized spacial score (nSPS) is 10.8. The average Bonchev–Trinajstić information content (AvgIpc) is 2.91. The summed E-state index contributed by atoms with van der Waals surface area (Å²) in [7, 11) is 0. The van der Waals surface area contributed by atoms with Gasteiger partial charge in [-0.1, -0.05) is 26.7 Å². The summed E-state index contributed by atoms with van der Waals surface area (Å²) < 4.78 is 0. The summed E-state index contributed by atoms with van der Waals surface area (Å²) in [4.78, 5) is 20.7. The number of hydrogen-bond donors (Lipinski definition) is 3. The molecule has 1 amide bonds. The highest BCUT2D eigenvalue weighted by atomic mass is 16.1. The lowest BCUT2D eigenvalue weighted by atomic mass is 10.3. The summed E-state index contributed by atoms with van der Waals surface area (Å²) in [5, 5.41) is 12.8. The maximum atomic E-state index is 12.0. The minimum Gasteiger partial charge on any atom is -0.369 e. The van der Waals surface area contributed by atoms with Gasteiger partial charge in [-0.25, -0.2) is 9.97 Å². The molecule has 2 rings (SSSR count). The van der Waals surface area contributed by atoms with E-state index in [9.17, 15) is 4.79 Å². The molecule has 3 N–H and O–H groups in total. The fourth-order valence-corrected chi connectivity index (χ4v) is 1.90. The van der Waals surface area contributed by atoms with Crippen molar-refractivity contribution >= 4 is 22.9 Å². The molecule has 7 heteroatoms. The first kappa shape index (κ1) is 15.2. The highest BCUT2D eigenvalue weighted by molar-refractivity contribution is 6.02. The molecular formula is C14H22N6O. The van der Waals surface area contributed by atoms with Gasteiger partial charge in [0, 0.05) is 13.1 Å². The predicted molar refractivity (Wildman–Crippen MR) is 82.3 cm³/mol. The molecule has 0 saturated heterocycles. The van der Waals surface area contributed by atoms with Crippen molar-refractivity contribution in [3.8, 4) is 0 Å². The first-order chi connectivity index (χ1) is 10.3. The highest BCUT2D eigenvalue weighted by Crippen LogP contribution is 2.13. The predicted octanol–water partition coefficient (Wildman–Crippen LogP) is 2.09. The lowest BCUT2D eigenvalue weighted by Gasteiger charge is -2.04. The van der Waals surface area contributed by atoms with Crippen LogP contribution in [0.1, 0.15) is 50.0 Å². The van der Waals surface area contributed by atoms with Gasteiger partial charge in [-0.2, -0.15) is 5.10 Å². The van der Waals surface area contributed by atoms with Crippen LogP contribution in [-0.4, -0.2) is 39.2 Å². The number of nitrogens with one attached hydrogen (secondary N) is 3. The minimum atomic E-state index is -0.212. The van der Waals surface area contributed by atoms with Crippen LogP contribution in [0, 0.1) is 0 Å².